The fourth-order valence-electron chi connectivity index (χ4n) is 3.58. The zero-order chi connectivity index (χ0) is 18.8. The van der Waals surface area contributed by atoms with Crippen molar-refractivity contribution in [3.8, 4) is 11.3 Å². The van der Waals surface area contributed by atoms with Crippen molar-refractivity contribution < 1.29 is 0 Å². The molecule has 0 atom stereocenters. The van der Waals surface area contributed by atoms with Crippen molar-refractivity contribution in [2.45, 2.75) is 32.4 Å². The van der Waals surface area contributed by atoms with Crippen LogP contribution in [0.5, 0.6) is 0 Å². The summed E-state index contributed by atoms with van der Waals surface area (Å²) in [7, 11) is 0. The Bertz CT molecular complexity index is 1060. The molecule has 1 N–H and O–H groups in total. The van der Waals surface area contributed by atoms with Gasteiger partial charge in [0.05, 0.1) is 18.4 Å². The van der Waals surface area contributed by atoms with Gasteiger partial charge in [0.1, 0.15) is 11.3 Å². The Balaban J connectivity index is 1.26. The molecule has 0 bridgehead atoms. The topological polar surface area (TPSA) is 72.9 Å². The Kier molecular flexibility index (Phi) is 4.58. The van der Waals surface area contributed by atoms with Gasteiger partial charge in [0.15, 0.2) is 0 Å². The van der Waals surface area contributed by atoms with Gasteiger partial charge in [0, 0.05) is 36.9 Å². The van der Waals surface area contributed by atoms with Crippen molar-refractivity contribution in [1.29, 1.82) is 0 Å². The van der Waals surface area contributed by atoms with E-state index in [1.165, 1.54) is 24.8 Å². The molecule has 4 aromatic heterocycles. The van der Waals surface area contributed by atoms with Gasteiger partial charge in [0.2, 0.25) is 0 Å². The third-order valence-electron chi connectivity index (χ3n) is 5.37. The number of hydrogen-bond acceptors (Lipinski definition) is 5. The lowest BCUT2D eigenvalue weighted by atomic mass is 9.85. The molecule has 0 aliphatic heterocycles. The number of imidazole rings is 1. The monoisotopic (exact) mass is 373 g/mol. The Morgan fingerprint density at radius 3 is 2.89 bits per heavy atom. The summed E-state index contributed by atoms with van der Waals surface area (Å²) in [5.41, 5.74) is 4.96. The Labute approximate surface area is 163 Å². The molecule has 1 aliphatic carbocycles. The molecule has 0 unspecified atom stereocenters. The van der Waals surface area contributed by atoms with Crippen LogP contribution >= 0.6 is 0 Å². The summed E-state index contributed by atoms with van der Waals surface area (Å²) in [5.74, 6) is 0.878. The van der Waals surface area contributed by atoms with Gasteiger partial charge in [-0.3, -0.25) is 4.98 Å². The molecule has 4 heterocycles. The lowest BCUT2D eigenvalue weighted by Crippen LogP contribution is -2.26. The van der Waals surface area contributed by atoms with Gasteiger partial charge in [-0.1, -0.05) is 17.7 Å². The van der Waals surface area contributed by atoms with E-state index in [0.717, 1.165) is 41.6 Å². The highest BCUT2D eigenvalue weighted by molar-refractivity contribution is 5.55. The maximum Gasteiger partial charge on any atom is 0.137 e. The average Bonchev–Trinajstić information content (AvgIpc) is 3.31. The minimum Gasteiger partial charge on any atom is -0.312 e. The number of rotatable bonds is 7. The van der Waals surface area contributed by atoms with E-state index in [1.807, 2.05) is 23.0 Å². The van der Waals surface area contributed by atoms with Crippen LogP contribution in [0.2, 0.25) is 0 Å². The molecule has 4 aromatic rings. The van der Waals surface area contributed by atoms with Gasteiger partial charge >= 0.3 is 0 Å². The lowest BCUT2D eigenvalue weighted by molar-refractivity contribution is 0.301. The molecule has 0 saturated heterocycles. The molecule has 0 amide bonds. The zero-order valence-corrected chi connectivity index (χ0v) is 15.7. The van der Waals surface area contributed by atoms with Crippen LogP contribution in [-0.4, -0.2) is 35.9 Å². The van der Waals surface area contributed by atoms with Crippen LogP contribution < -0.4 is 5.32 Å². The van der Waals surface area contributed by atoms with Gasteiger partial charge in [0.25, 0.3) is 0 Å². The van der Waals surface area contributed by atoms with Gasteiger partial charge in [-0.25, -0.2) is 9.67 Å². The highest BCUT2D eigenvalue weighted by Crippen LogP contribution is 2.25. The van der Waals surface area contributed by atoms with E-state index < -0.39 is 0 Å². The van der Waals surface area contributed by atoms with E-state index in [0.29, 0.717) is 6.54 Å². The second kappa shape index (κ2) is 7.52. The number of nitrogens with zero attached hydrogens (tertiary/aromatic N) is 6. The number of pyridine rings is 2. The van der Waals surface area contributed by atoms with Gasteiger partial charge < -0.3 is 9.72 Å². The van der Waals surface area contributed by atoms with Crippen LogP contribution in [0, 0.1) is 5.92 Å². The first kappa shape index (κ1) is 17.1. The van der Waals surface area contributed by atoms with Crippen molar-refractivity contribution in [3.63, 3.8) is 0 Å². The molecule has 0 spiro atoms. The normalized spacial score (nSPS) is 14.4. The smallest absolute Gasteiger partial charge is 0.137 e. The number of fused-ring (bicyclic) bond motifs is 1. The minimum absolute atomic E-state index is 0.588. The first-order valence-electron chi connectivity index (χ1n) is 9.81. The van der Waals surface area contributed by atoms with E-state index in [4.69, 9.17) is 4.98 Å². The molecule has 7 nitrogen and oxygen atoms in total. The molecule has 142 valence electrons. The van der Waals surface area contributed by atoms with E-state index in [-0.39, 0.29) is 0 Å². The zero-order valence-electron chi connectivity index (χ0n) is 15.7. The predicted octanol–water partition coefficient (Wildman–Crippen LogP) is 2.93. The fourth-order valence-corrected chi connectivity index (χ4v) is 3.58. The summed E-state index contributed by atoms with van der Waals surface area (Å²) in [6, 6.07) is 8.10. The Morgan fingerprint density at radius 1 is 1.11 bits per heavy atom. The van der Waals surface area contributed by atoms with Gasteiger partial charge in [-0.05, 0) is 49.1 Å². The third kappa shape index (κ3) is 3.66. The number of aromatic nitrogens is 6. The van der Waals surface area contributed by atoms with Crippen LogP contribution in [0.4, 0.5) is 0 Å². The maximum absolute atomic E-state index is 4.70. The van der Waals surface area contributed by atoms with Crippen molar-refractivity contribution >= 4 is 5.65 Å². The maximum atomic E-state index is 4.70. The molecule has 0 aromatic carbocycles. The number of hydrogen-bond donors (Lipinski definition) is 1. The summed E-state index contributed by atoms with van der Waals surface area (Å²) in [6.45, 7) is 2.61. The first-order chi connectivity index (χ1) is 13.8. The van der Waals surface area contributed by atoms with Crippen molar-refractivity contribution in [1.82, 2.24) is 34.7 Å². The quantitative estimate of drug-likeness (QED) is 0.539. The standard InChI is InChI=1S/C21H23N7/c1-3-16(4-1)9-23-10-17-6-7-21-24-19(13-27(21)12-17)14-28-15-20(25-26-28)18-5-2-8-22-11-18/h2,5-8,11-13,15-16,23H,1,3-4,9-10,14H2. The predicted molar refractivity (Wildman–Crippen MR) is 107 cm³/mol. The molecule has 1 saturated carbocycles. The third-order valence-corrected chi connectivity index (χ3v) is 5.37. The Morgan fingerprint density at radius 2 is 2.07 bits per heavy atom. The van der Waals surface area contributed by atoms with E-state index >= 15 is 0 Å². The second-order valence-corrected chi connectivity index (χ2v) is 7.51. The first-order valence-corrected chi connectivity index (χ1v) is 9.81. The summed E-state index contributed by atoms with van der Waals surface area (Å²) in [5, 5.41) is 12.0. The largest absolute Gasteiger partial charge is 0.312 e. The summed E-state index contributed by atoms with van der Waals surface area (Å²) in [6.07, 6.45) is 13.8. The summed E-state index contributed by atoms with van der Waals surface area (Å²) < 4.78 is 3.90. The molecule has 0 radical (unpaired) electrons. The lowest BCUT2D eigenvalue weighted by Gasteiger charge is -2.25. The Hall–Kier alpha value is -3.06. The molecular weight excluding hydrogens is 350 g/mol. The molecule has 28 heavy (non-hydrogen) atoms. The summed E-state index contributed by atoms with van der Waals surface area (Å²) in [4.78, 5) is 8.84. The van der Waals surface area contributed by atoms with Gasteiger partial charge in [-0.15, -0.1) is 5.10 Å². The van der Waals surface area contributed by atoms with E-state index in [9.17, 15) is 0 Å². The van der Waals surface area contributed by atoms with Crippen LogP contribution in [0.15, 0.2) is 55.2 Å². The molecule has 7 heteroatoms. The van der Waals surface area contributed by atoms with Crippen molar-refractivity contribution in [3.05, 3.63) is 66.5 Å². The van der Waals surface area contributed by atoms with Gasteiger partial charge in [-0.2, -0.15) is 0 Å². The highest BCUT2D eigenvalue weighted by Gasteiger charge is 2.16. The molecular formula is C21H23N7. The SMILES string of the molecule is c1cncc(-c2cn(Cc3cn4cc(CNCC5CCC5)ccc4n3)nn2)c1. The van der Waals surface area contributed by atoms with Crippen LogP contribution in [0.3, 0.4) is 0 Å². The van der Waals surface area contributed by atoms with Crippen molar-refractivity contribution in [2.24, 2.45) is 5.92 Å². The highest BCUT2D eigenvalue weighted by atomic mass is 15.4. The minimum atomic E-state index is 0.588. The molecule has 1 aliphatic rings. The number of nitrogens with one attached hydrogen (secondary N) is 1. The fraction of sp³-hybridized carbons (Fsp3) is 0.333. The van der Waals surface area contributed by atoms with Crippen LogP contribution in [-0.2, 0) is 13.1 Å². The van der Waals surface area contributed by atoms with Crippen LogP contribution in [0.25, 0.3) is 16.9 Å². The van der Waals surface area contributed by atoms with Crippen molar-refractivity contribution in [2.75, 3.05) is 6.54 Å². The second-order valence-electron chi connectivity index (χ2n) is 7.51. The molecule has 1 fully saturated rings. The van der Waals surface area contributed by atoms with E-state index in [1.54, 1.807) is 12.4 Å². The van der Waals surface area contributed by atoms with E-state index in [2.05, 4.69) is 49.5 Å². The summed E-state index contributed by atoms with van der Waals surface area (Å²) >= 11 is 0. The molecule has 5 rings (SSSR count). The van der Waals surface area contributed by atoms with Crippen LogP contribution in [0.1, 0.15) is 30.5 Å². The average molecular weight is 373 g/mol.